The van der Waals surface area contributed by atoms with Gasteiger partial charge in [0.1, 0.15) is 17.1 Å². The van der Waals surface area contributed by atoms with Crippen molar-refractivity contribution < 1.29 is 27.5 Å². The number of H-pyrrole nitrogens is 1. The lowest BCUT2D eigenvalue weighted by Crippen LogP contribution is -2.62. The van der Waals surface area contributed by atoms with E-state index < -0.39 is 46.2 Å². The highest BCUT2D eigenvalue weighted by atomic mass is 32.1. The molecule has 9 nitrogen and oxygen atoms in total. The number of fused-ring (bicyclic) bond motifs is 1. The Bertz CT molecular complexity index is 1330. The quantitative estimate of drug-likeness (QED) is 0.541. The maximum absolute atomic E-state index is 14.3. The summed E-state index contributed by atoms with van der Waals surface area (Å²) in [4.78, 5) is 52.0. The highest BCUT2D eigenvalue weighted by Crippen LogP contribution is 2.45. The Labute approximate surface area is 180 Å². The third-order valence-electron chi connectivity index (χ3n) is 4.86. The van der Waals surface area contributed by atoms with E-state index >= 15 is 0 Å². The molecule has 0 fully saturated rings. The van der Waals surface area contributed by atoms with E-state index in [4.69, 9.17) is 4.74 Å². The van der Waals surface area contributed by atoms with Crippen LogP contribution < -0.4 is 26.6 Å². The molecule has 1 aromatic carbocycles. The lowest BCUT2D eigenvalue weighted by Gasteiger charge is -2.29. The number of nitrogens with one attached hydrogen (secondary N) is 3. The van der Waals surface area contributed by atoms with Gasteiger partial charge < -0.3 is 15.4 Å². The van der Waals surface area contributed by atoms with Gasteiger partial charge >= 0.3 is 11.9 Å². The third kappa shape index (κ3) is 3.09. The number of halogens is 3. The van der Waals surface area contributed by atoms with E-state index in [1.807, 2.05) is 5.32 Å². The lowest BCUT2D eigenvalue weighted by atomic mass is 9.91. The fourth-order valence-electron chi connectivity index (χ4n) is 3.40. The van der Waals surface area contributed by atoms with E-state index in [-0.39, 0.29) is 10.6 Å². The van der Waals surface area contributed by atoms with Crippen LogP contribution in [0.1, 0.15) is 15.2 Å². The molecule has 0 saturated carbocycles. The summed E-state index contributed by atoms with van der Waals surface area (Å²) in [7, 11) is 1.40. The van der Waals surface area contributed by atoms with E-state index in [0.29, 0.717) is 10.3 Å². The van der Waals surface area contributed by atoms with Crippen LogP contribution in [0.5, 0.6) is 5.75 Å². The zero-order chi connectivity index (χ0) is 23.3. The molecule has 13 heteroatoms. The van der Waals surface area contributed by atoms with Crippen molar-refractivity contribution >= 4 is 29.0 Å². The lowest BCUT2D eigenvalue weighted by molar-refractivity contribution is -0.196. The molecule has 4 rings (SSSR count). The van der Waals surface area contributed by atoms with Crippen LogP contribution >= 0.6 is 11.3 Å². The van der Waals surface area contributed by atoms with Crippen LogP contribution in [0.25, 0.3) is 5.69 Å². The Morgan fingerprint density at radius 1 is 1.16 bits per heavy atom. The van der Waals surface area contributed by atoms with Crippen molar-refractivity contribution in [2.45, 2.75) is 11.7 Å². The fraction of sp³-hybridized carbons (Fsp3) is 0.158. The first-order valence-corrected chi connectivity index (χ1v) is 9.76. The molecule has 1 atom stereocenters. The van der Waals surface area contributed by atoms with Gasteiger partial charge in [0.25, 0.3) is 22.9 Å². The van der Waals surface area contributed by atoms with Gasteiger partial charge in [0.2, 0.25) is 0 Å². The van der Waals surface area contributed by atoms with Gasteiger partial charge in [-0.25, -0.2) is 9.36 Å². The van der Waals surface area contributed by atoms with Gasteiger partial charge in [-0.1, -0.05) is 6.07 Å². The van der Waals surface area contributed by atoms with Crippen LogP contribution in [0.15, 0.2) is 51.4 Å². The van der Waals surface area contributed by atoms with Crippen LogP contribution in [0, 0.1) is 0 Å². The standard InChI is InChI=1S/C19H13F3N4O5S/c1-31-10-6-4-9(5-7-10)26-13-12(15(28)24-17(26)30)18(16(29)23-13,19(20,21)22)25-14(27)11-3-2-8-32-11/h2-8H,1H3,(H,23,29)(H,25,27)(H,24,28,30)/t18-/m0/s1. The Hall–Kier alpha value is -3.87. The second kappa shape index (κ2) is 7.37. The summed E-state index contributed by atoms with van der Waals surface area (Å²) in [5, 5.41) is 5.11. The van der Waals surface area contributed by atoms with Gasteiger partial charge in [-0.05, 0) is 35.7 Å². The number of methoxy groups -OCH3 is 1. The second-order valence-electron chi connectivity index (χ2n) is 6.65. The van der Waals surface area contributed by atoms with Crippen molar-refractivity contribution in [3.63, 3.8) is 0 Å². The molecule has 0 radical (unpaired) electrons. The predicted octanol–water partition coefficient (Wildman–Crippen LogP) is 1.74. The van der Waals surface area contributed by atoms with Gasteiger partial charge in [-0.3, -0.25) is 19.4 Å². The summed E-state index contributed by atoms with van der Waals surface area (Å²) in [6, 6.07) is 8.28. The van der Waals surface area contributed by atoms with Crippen LogP contribution in [0.3, 0.4) is 0 Å². The number of aromatic amines is 1. The average Bonchev–Trinajstić information content (AvgIpc) is 3.36. The molecular weight excluding hydrogens is 453 g/mol. The first-order valence-electron chi connectivity index (χ1n) is 8.88. The van der Waals surface area contributed by atoms with Crippen molar-refractivity contribution in [2.75, 3.05) is 12.4 Å². The van der Waals surface area contributed by atoms with Gasteiger partial charge in [0, 0.05) is 0 Å². The Morgan fingerprint density at radius 2 is 1.84 bits per heavy atom. The number of hydrogen-bond acceptors (Lipinski definition) is 6. The van der Waals surface area contributed by atoms with E-state index in [0.717, 1.165) is 11.3 Å². The predicted molar refractivity (Wildman–Crippen MR) is 107 cm³/mol. The highest BCUT2D eigenvalue weighted by molar-refractivity contribution is 7.12. The second-order valence-corrected chi connectivity index (χ2v) is 7.60. The number of alkyl halides is 3. The monoisotopic (exact) mass is 466 g/mol. The van der Waals surface area contributed by atoms with Crippen molar-refractivity contribution in [1.82, 2.24) is 14.9 Å². The number of amides is 2. The number of rotatable bonds is 4. The van der Waals surface area contributed by atoms with Gasteiger partial charge in [-0.15, -0.1) is 11.3 Å². The number of benzene rings is 1. The molecule has 32 heavy (non-hydrogen) atoms. The summed E-state index contributed by atoms with van der Waals surface area (Å²) in [5.41, 5.74) is -7.35. The normalized spacial score (nSPS) is 17.6. The molecule has 3 N–H and O–H groups in total. The summed E-state index contributed by atoms with van der Waals surface area (Å²) >= 11 is 0.852. The zero-order valence-electron chi connectivity index (χ0n) is 16.1. The van der Waals surface area contributed by atoms with Crippen molar-refractivity contribution in [2.24, 2.45) is 0 Å². The molecule has 1 aliphatic heterocycles. The average molecular weight is 466 g/mol. The number of carbonyl (C=O) groups is 2. The van der Waals surface area contributed by atoms with Gasteiger partial charge in [0.15, 0.2) is 0 Å². The van der Waals surface area contributed by atoms with E-state index in [1.54, 1.807) is 10.3 Å². The van der Waals surface area contributed by atoms with Gasteiger partial charge in [0.05, 0.1) is 17.7 Å². The minimum atomic E-state index is -5.41. The number of nitrogens with zero attached hydrogens (tertiary/aromatic N) is 1. The molecule has 3 heterocycles. The number of thiophene rings is 1. The molecule has 0 saturated heterocycles. The number of anilines is 1. The number of hydrogen-bond donors (Lipinski definition) is 3. The first-order chi connectivity index (χ1) is 15.1. The molecule has 2 aromatic heterocycles. The van der Waals surface area contributed by atoms with Gasteiger partial charge in [-0.2, -0.15) is 13.2 Å². The minimum absolute atomic E-state index is 0.0474. The zero-order valence-corrected chi connectivity index (χ0v) is 16.9. The summed E-state index contributed by atoms with van der Waals surface area (Å²) in [6.45, 7) is 0. The van der Waals surface area contributed by atoms with Crippen molar-refractivity contribution in [3.8, 4) is 11.4 Å². The minimum Gasteiger partial charge on any atom is -0.497 e. The van der Waals surface area contributed by atoms with E-state index in [1.165, 1.54) is 48.9 Å². The molecule has 0 bridgehead atoms. The van der Waals surface area contributed by atoms with Crippen molar-refractivity contribution in [1.29, 1.82) is 0 Å². The first kappa shape index (κ1) is 21.4. The topological polar surface area (TPSA) is 122 Å². The van der Waals surface area contributed by atoms with E-state index in [2.05, 4.69) is 0 Å². The highest BCUT2D eigenvalue weighted by Gasteiger charge is 2.68. The maximum atomic E-state index is 14.3. The van der Waals surface area contributed by atoms with Crippen LogP contribution in [-0.4, -0.2) is 34.7 Å². The summed E-state index contributed by atoms with van der Waals surface area (Å²) in [6.07, 6.45) is -5.41. The number of carbonyl (C=O) groups excluding carboxylic acids is 2. The molecule has 0 spiro atoms. The van der Waals surface area contributed by atoms with Crippen LogP contribution in [0.2, 0.25) is 0 Å². The molecule has 0 aliphatic carbocycles. The fourth-order valence-corrected chi connectivity index (χ4v) is 4.01. The number of ether oxygens (including phenoxy) is 1. The summed E-state index contributed by atoms with van der Waals surface area (Å²) in [5.74, 6) is -3.22. The molecule has 1 aliphatic rings. The molecular formula is C19H13F3N4O5S. The maximum Gasteiger partial charge on any atom is 0.425 e. The SMILES string of the molecule is COc1ccc(-n2c3c(c(=O)[nH]c2=O)[C@@](NC(=O)c2cccs2)(C(F)(F)F)C(=O)N3)cc1. The number of aromatic nitrogens is 2. The smallest absolute Gasteiger partial charge is 0.425 e. The Kier molecular flexibility index (Phi) is 4.92. The largest absolute Gasteiger partial charge is 0.497 e. The molecule has 2 amide bonds. The van der Waals surface area contributed by atoms with E-state index in [9.17, 15) is 32.3 Å². The van der Waals surface area contributed by atoms with Crippen molar-refractivity contribution in [3.05, 3.63) is 73.1 Å². The Balaban J connectivity index is 1.97. The Morgan fingerprint density at radius 3 is 2.41 bits per heavy atom. The molecule has 0 unspecified atom stereocenters. The summed E-state index contributed by atoms with van der Waals surface area (Å²) < 4.78 is 48.7. The molecule has 166 valence electrons. The third-order valence-corrected chi connectivity index (χ3v) is 5.73. The van der Waals surface area contributed by atoms with Crippen LogP contribution in [-0.2, 0) is 10.3 Å². The molecule has 3 aromatic rings. The van der Waals surface area contributed by atoms with Crippen LogP contribution in [0.4, 0.5) is 19.0 Å².